The molecule has 0 aliphatic rings. The fourth-order valence-electron chi connectivity index (χ4n) is 3.17. The van der Waals surface area contributed by atoms with E-state index in [1.165, 1.54) is 12.1 Å². The van der Waals surface area contributed by atoms with Crippen molar-refractivity contribution < 1.29 is 4.92 Å². The van der Waals surface area contributed by atoms with E-state index < -0.39 is 4.92 Å². The van der Waals surface area contributed by atoms with E-state index in [2.05, 4.69) is 33.3 Å². The highest BCUT2D eigenvalue weighted by molar-refractivity contribution is 6.02. The number of rotatable bonds is 3. The van der Waals surface area contributed by atoms with Gasteiger partial charge in [-0.15, -0.1) is 0 Å². The highest BCUT2D eigenvalue weighted by Crippen LogP contribution is 2.24. The van der Waals surface area contributed by atoms with Crippen molar-refractivity contribution in [2.24, 2.45) is 0 Å². The summed E-state index contributed by atoms with van der Waals surface area (Å²) >= 11 is 0. The minimum atomic E-state index is -0.414. The van der Waals surface area contributed by atoms with Gasteiger partial charge in [0.25, 0.3) is 5.69 Å². The summed E-state index contributed by atoms with van der Waals surface area (Å²) in [7, 11) is 0. The molecule has 0 unspecified atom stereocenters. The molecular weight excluding hydrogens is 340 g/mol. The molecule has 0 aliphatic carbocycles. The highest BCUT2D eigenvalue weighted by atomic mass is 16.6. The van der Waals surface area contributed by atoms with Crippen molar-refractivity contribution in [1.29, 1.82) is 0 Å². The van der Waals surface area contributed by atoms with Crippen molar-refractivity contribution in [2.75, 3.05) is 0 Å². The van der Waals surface area contributed by atoms with Gasteiger partial charge in [-0.25, -0.2) is 4.98 Å². The van der Waals surface area contributed by atoms with Crippen LogP contribution in [0.5, 0.6) is 0 Å². The van der Waals surface area contributed by atoms with Crippen LogP contribution in [-0.2, 0) is 13.0 Å². The van der Waals surface area contributed by atoms with Gasteiger partial charge in [-0.1, -0.05) is 43.0 Å². The van der Waals surface area contributed by atoms with E-state index in [9.17, 15) is 10.1 Å². The average Bonchev–Trinajstić information content (AvgIpc) is 3.06. The first-order valence-electron chi connectivity index (χ1n) is 8.63. The smallest absolute Gasteiger partial charge is 0.270 e. The summed E-state index contributed by atoms with van der Waals surface area (Å²) in [5, 5.41) is 11.9. The van der Waals surface area contributed by atoms with Crippen molar-refractivity contribution in [2.45, 2.75) is 19.9 Å². The molecule has 6 nitrogen and oxygen atoms in total. The van der Waals surface area contributed by atoms with E-state index in [0.717, 1.165) is 34.2 Å². The first kappa shape index (κ1) is 16.7. The van der Waals surface area contributed by atoms with Crippen LogP contribution >= 0.6 is 0 Å². The Morgan fingerprint density at radius 2 is 2.00 bits per heavy atom. The van der Waals surface area contributed by atoms with E-state index in [1.807, 2.05) is 24.3 Å². The Bertz CT molecular complexity index is 1230. The van der Waals surface area contributed by atoms with Gasteiger partial charge < -0.3 is 4.57 Å². The zero-order chi connectivity index (χ0) is 18.8. The Morgan fingerprint density at radius 1 is 1.15 bits per heavy atom. The Morgan fingerprint density at radius 3 is 2.81 bits per heavy atom. The number of hydrogen-bond donors (Lipinski definition) is 0. The van der Waals surface area contributed by atoms with Gasteiger partial charge in [0.2, 0.25) is 0 Å². The molecule has 0 radical (unpaired) electrons. The molecule has 27 heavy (non-hydrogen) atoms. The lowest BCUT2D eigenvalue weighted by atomic mass is 10.2. The first-order valence-corrected chi connectivity index (χ1v) is 8.63. The number of non-ortho nitro benzene ring substituents is 1. The third kappa shape index (κ3) is 3.11. The molecule has 0 saturated heterocycles. The highest BCUT2D eigenvalue weighted by Gasteiger charge is 2.12. The number of imidazole rings is 1. The van der Waals surface area contributed by atoms with Crippen molar-refractivity contribution in [1.82, 2.24) is 14.5 Å². The molecule has 4 aromatic rings. The van der Waals surface area contributed by atoms with Crippen LogP contribution in [0.4, 0.5) is 5.69 Å². The van der Waals surface area contributed by atoms with Gasteiger partial charge >= 0.3 is 0 Å². The van der Waals surface area contributed by atoms with Crippen LogP contribution in [0.2, 0.25) is 0 Å². The predicted molar refractivity (Wildman–Crippen MR) is 104 cm³/mol. The molecule has 2 heterocycles. The number of nitrogens with zero attached hydrogens (tertiary/aromatic N) is 4. The van der Waals surface area contributed by atoms with Gasteiger partial charge in [0.05, 0.1) is 28.7 Å². The third-order valence-corrected chi connectivity index (χ3v) is 4.40. The number of pyridine rings is 1. The monoisotopic (exact) mass is 356 g/mol. The fraction of sp³-hybridized carbons (Fsp3) is 0.143. The zero-order valence-electron chi connectivity index (χ0n) is 14.7. The van der Waals surface area contributed by atoms with Gasteiger partial charge in [-0.05, 0) is 12.1 Å². The second kappa shape index (κ2) is 6.89. The normalized spacial score (nSPS) is 10.7. The van der Waals surface area contributed by atoms with E-state index in [1.54, 1.807) is 18.3 Å². The van der Waals surface area contributed by atoms with E-state index in [0.29, 0.717) is 12.1 Å². The molecule has 0 fully saturated rings. The van der Waals surface area contributed by atoms with Gasteiger partial charge in [0.15, 0.2) is 0 Å². The number of aromatic nitrogens is 3. The van der Waals surface area contributed by atoms with Crippen LogP contribution in [-0.4, -0.2) is 19.5 Å². The minimum absolute atomic E-state index is 0.0428. The van der Waals surface area contributed by atoms with Crippen molar-refractivity contribution in [3.63, 3.8) is 0 Å². The maximum atomic E-state index is 10.9. The fourth-order valence-corrected chi connectivity index (χ4v) is 3.17. The number of benzene rings is 2. The molecule has 6 heteroatoms. The van der Waals surface area contributed by atoms with E-state index in [-0.39, 0.29) is 5.69 Å². The van der Waals surface area contributed by atoms with Gasteiger partial charge in [0.1, 0.15) is 11.3 Å². The van der Waals surface area contributed by atoms with Crippen LogP contribution < -0.4 is 0 Å². The van der Waals surface area contributed by atoms with Crippen LogP contribution in [0.15, 0.2) is 54.7 Å². The maximum absolute atomic E-state index is 10.9. The van der Waals surface area contributed by atoms with Crippen LogP contribution in [0, 0.1) is 22.0 Å². The molecule has 2 aromatic carbocycles. The van der Waals surface area contributed by atoms with Crippen LogP contribution in [0.25, 0.3) is 21.9 Å². The molecule has 0 saturated carbocycles. The summed E-state index contributed by atoms with van der Waals surface area (Å²) in [6, 6.07) is 14.3. The number of nitro benzene ring substituents is 1. The zero-order valence-corrected chi connectivity index (χ0v) is 14.7. The average molecular weight is 356 g/mol. The van der Waals surface area contributed by atoms with Crippen LogP contribution in [0.1, 0.15) is 18.3 Å². The summed E-state index contributed by atoms with van der Waals surface area (Å²) in [6.45, 7) is 2.51. The summed E-state index contributed by atoms with van der Waals surface area (Å²) < 4.78 is 2.10. The van der Waals surface area contributed by atoms with Crippen molar-refractivity contribution in [3.8, 4) is 11.8 Å². The van der Waals surface area contributed by atoms with Crippen molar-refractivity contribution in [3.05, 3.63) is 76.2 Å². The van der Waals surface area contributed by atoms with E-state index >= 15 is 0 Å². The number of hydrogen-bond acceptors (Lipinski definition) is 4. The lowest BCUT2D eigenvalue weighted by molar-refractivity contribution is -0.384. The number of aryl methyl sites for hydroxylation is 1. The summed E-state index contributed by atoms with van der Waals surface area (Å²) in [5.41, 5.74) is 3.45. The predicted octanol–water partition coefficient (Wildman–Crippen LogP) is 4.11. The standard InChI is InChI=1S/C21H16N4O2/c1-2-20-23-19-14-22-18-11-4-3-10-17(18)21(19)24(20)12-6-8-15-7-5-9-16(13-15)25(26)27/h3-5,7,9-11,13-14H,2,12H2,1H3. The molecule has 0 aliphatic heterocycles. The molecule has 2 aromatic heterocycles. The molecule has 0 spiro atoms. The number of para-hydroxylation sites is 1. The summed E-state index contributed by atoms with van der Waals surface area (Å²) in [4.78, 5) is 19.7. The topological polar surface area (TPSA) is 73.8 Å². The second-order valence-electron chi connectivity index (χ2n) is 6.09. The quantitative estimate of drug-likeness (QED) is 0.315. The molecule has 0 bridgehead atoms. The lowest BCUT2D eigenvalue weighted by Gasteiger charge is -2.05. The Hall–Kier alpha value is -3.72. The lowest BCUT2D eigenvalue weighted by Crippen LogP contribution is -2.02. The molecule has 0 atom stereocenters. The minimum Gasteiger partial charge on any atom is -0.316 e. The molecule has 132 valence electrons. The Kier molecular flexibility index (Phi) is 4.27. The van der Waals surface area contributed by atoms with Gasteiger partial charge in [0, 0.05) is 29.5 Å². The number of nitro groups is 1. The van der Waals surface area contributed by atoms with Crippen LogP contribution in [0.3, 0.4) is 0 Å². The largest absolute Gasteiger partial charge is 0.316 e. The van der Waals surface area contributed by atoms with Gasteiger partial charge in [-0.3, -0.25) is 15.1 Å². The Balaban J connectivity index is 1.77. The first-order chi connectivity index (χ1) is 13.2. The third-order valence-electron chi connectivity index (χ3n) is 4.40. The maximum Gasteiger partial charge on any atom is 0.270 e. The number of fused-ring (bicyclic) bond motifs is 3. The molecule has 4 rings (SSSR count). The summed E-state index contributed by atoms with van der Waals surface area (Å²) in [5.74, 6) is 7.10. The summed E-state index contributed by atoms with van der Waals surface area (Å²) in [6.07, 6.45) is 2.57. The molecule has 0 amide bonds. The molecular formula is C21H16N4O2. The SMILES string of the molecule is CCc1nc2cnc3ccccc3c2n1CC#Cc1cccc([N+](=O)[O-])c1. The Labute approximate surface area is 155 Å². The van der Waals surface area contributed by atoms with E-state index in [4.69, 9.17) is 0 Å². The molecule has 0 N–H and O–H groups in total. The van der Waals surface area contributed by atoms with Crippen molar-refractivity contribution >= 4 is 27.6 Å². The van der Waals surface area contributed by atoms with Gasteiger partial charge in [-0.2, -0.15) is 0 Å². The second-order valence-corrected chi connectivity index (χ2v) is 6.09.